The number of rotatable bonds is 9. The number of hydrogen-bond donors (Lipinski definition) is 2. The average Bonchev–Trinajstić information content (AvgIpc) is 3.25. The number of anilines is 1. The molecule has 1 aliphatic rings. The Hall–Kier alpha value is -3.05. The first-order valence-corrected chi connectivity index (χ1v) is 12.7. The summed E-state index contributed by atoms with van der Waals surface area (Å²) in [5.74, 6) is 0.0197. The molecule has 180 valence electrons. The van der Waals surface area contributed by atoms with Crippen LogP contribution in [-0.2, 0) is 14.8 Å². The minimum Gasteiger partial charge on any atom is -0.379 e. The van der Waals surface area contributed by atoms with Crippen molar-refractivity contribution < 1.29 is 22.5 Å². The van der Waals surface area contributed by atoms with Crippen LogP contribution < -0.4 is 10.0 Å². The number of carbonyl (C=O) groups is 1. The van der Waals surface area contributed by atoms with Crippen LogP contribution in [0.5, 0.6) is 0 Å². The summed E-state index contributed by atoms with van der Waals surface area (Å²) in [6.07, 6.45) is 0.717. The summed E-state index contributed by atoms with van der Waals surface area (Å²) >= 11 is 0. The first-order valence-electron chi connectivity index (χ1n) is 11.2. The van der Waals surface area contributed by atoms with Gasteiger partial charge in [0.05, 0.1) is 18.1 Å². The maximum absolute atomic E-state index is 12.9. The summed E-state index contributed by atoms with van der Waals surface area (Å²) in [6.45, 7) is 6.05. The Morgan fingerprint density at radius 3 is 2.47 bits per heavy atom. The third-order valence-electron chi connectivity index (χ3n) is 5.61. The van der Waals surface area contributed by atoms with Crippen LogP contribution in [0.25, 0.3) is 11.3 Å². The summed E-state index contributed by atoms with van der Waals surface area (Å²) < 4.78 is 38.4. The van der Waals surface area contributed by atoms with E-state index in [2.05, 4.69) is 20.1 Å². The fourth-order valence-corrected chi connectivity index (χ4v) is 4.84. The quantitative estimate of drug-likeness (QED) is 0.449. The van der Waals surface area contributed by atoms with E-state index in [0.717, 1.165) is 44.8 Å². The van der Waals surface area contributed by atoms with E-state index in [9.17, 15) is 13.2 Å². The largest absolute Gasteiger partial charge is 0.379 e. The van der Waals surface area contributed by atoms with Crippen molar-refractivity contribution in [2.45, 2.75) is 18.2 Å². The van der Waals surface area contributed by atoms with Crippen LogP contribution in [-0.4, -0.2) is 63.8 Å². The molecule has 1 amide bonds. The molecule has 2 aromatic carbocycles. The van der Waals surface area contributed by atoms with E-state index in [1.807, 2.05) is 30.3 Å². The highest BCUT2D eigenvalue weighted by atomic mass is 32.2. The molecule has 0 bridgehead atoms. The van der Waals surface area contributed by atoms with Crippen LogP contribution in [0.3, 0.4) is 0 Å². The van der Waals surface area contributed by atoms with Gasteiger partial charge in [-0.15, -0.1) is 0 Å². The third kappa shape index (κ3) is 5.89. The Morgan fingerprint density at radius 1 is 1.06 bits per heavy atom. The van der Waals surface area contributed by atoms with Crippen LogP contribution in [0.15, 0.2) is 64.0 Å². The Kier molecular flexibility index (Phi) is 7.73. The van der Waals surface area contributed by atoms with Gasteiger partial charge >= 0.3 is 0 Å². The molecule has 0 unspecified atom stereocenters. The molecule has 1 saturated heterocycles. The van der Waals surface area contributed by atoms with Crippen LogP contribution in [0, 0.1) is 6.92 Å². The fraction of sp³-hybridized carbons (Fsp3) is 0.333. The predicted molar refractivity (Wildman–Crippen MR) is 128 cm³/mol. The van der Waals surface area contributed by atoms with Gasteiger partial charge < -0.3 is 14.6 Å². The number of sulfonamides is 1. The number of morpholine rings is 1. The highest BCUT2D eigenvalue weighted by molar-refractivity contribution is 7.89. The lowest BCUT2D eigenvalue weighted by molar-refractivity contribution is 0.0376. The number of hydrogen-bond acceptors (Lipinski definition) is 7. The third-order valence-corrected chi connectivity index (χ3v) is 7.08. The summed E-state index contributed by atoms with van der Waals surface area (Å²) in [5, 5.41) is 6.82. The van der Waals surface area contributed by atoms with E-state index in [0.29, 0.717) is 29.2 Å². The maximum atomic E-state index is 12.9. The standard InChI is InChI=1S/C24H28N4O5S/c1-18-22(23(27-33-18)19-6-3-2-4-7-19)24(29)26-20-8-10-21(11-9-20)34(30,31)25-12-5-13-28-14-16-32-17-15-28/h2-4,6-11,25H,5,12-17H2,1H3,(H,26,29). The number of nitrogens with one attached hydrogen (secondary N) is 2. The molecule has 2 N–H and O–H groups in total. The molecule has 0 aliphatic carbocycles. The van der Waals surface area contributed by atoms with Gasteiger partial charge in [0.1, 0.15) is 17.0 Å². The van der Waals surface area contributed by atoms with Crippen molar-refractivity contribution in [1.29, 1.82) is 0 Å². The molecule has 1 aliphatic heterocycles. The van der Waals surface area contributed by atoms with Crippen LogP contribution in [0.1, 0.15) is 22.5 Å². The zero-order chi connectivity index (χ0) is 24.0. The van der Waals surface area contributed by atoms with Crippen molar-refractivity contribution in [3.05, 3.63) is 65.9 Å². The SMILES string of the molecule is Cc1onc(-c2ccccc2)c1C(=O)Nc1ccc(S(=O)(=O)NCCCN2CCOCC2)cc1. The van der Waals surface area contributed by atoms with E-state index in [-0.39, 0.29) is 10.8 Å². The number of nitrogens with zero attached hydrogens (tertiary/aromatic N) is 2. The summed E-state index contributed by atoms with van der Waals surface area (Å²) in [6, 6.07) is 15.4. The second-order valence-electron chi connectivity index (χ2n) is 8.01. The molecule has 0 atom stereocenters. The van der Waals surface area contributed by atoms with E-state index >= 15 is 0 Å². The molecule has 4 rings (SSSR count). The van der Waals surface area contributed by atoms with Crippen molar-refractivity contribution in [2.24, 2.45) is 0 Å². The molecule has 0 saturated carbocycles. The van der Waals surface area contributed by atoms with Gasteiger partial charge in [-0.3, -0.25) is 9.69 Å². The number of ether oxygens (including phenoxy) is 1. The molecule has 1 fully saturated rings. The second kappa shape index (κ2) is 10.9. The average molecular weight is 485 g/mol. The zero-order valence-electron chi connectivity index (χ0n) is 19.0. The Morgan fingerprint density at radius 2 is 1.76 bits per heavy atom. The number of amides is 1. The van der Waals surface area contributed by atoms with Crippen molar-refractivity contribution in [1.82, 2.24) is 14.8 Å². The first-order chi connectivity index (χ1) is 16.4. The Labute approximate surface area is 199 Å². The number of aromatic nitrogens is 1. The monoisotopic (exact) mass is 484 g/mol. The van der Waals surface area contributed by atoms with E-state index in [1.165, 1.54) is 12.1 Å². The van der Waals surface area contributed by atoms with Gasteiger partial charge in [0.2, 0.25) is 10.0 Å². The molecule has 1 aromatic heterocycles. The summed E-state index contributed by atoms with van der Waals surface area (Å²) in [7, 11) is -3.63. The van der Waals surface area contributed by atoms with Crippen molar-refractivity contribution in [3.63, 3.8) is 0 Å². The molecule has 2 heterocycles. The van der Waals surface area contributed by atoms with Crippen molar-refractivity contribution >= 4 is 21.6 Å². The van der Waals surface area contributed by atoms with Gasteiger partial charge in [-0.25, -0.2) is 13.1 Å². The van der Waals surface area contributed by atoms with Crippen molar-refractivity contribution in [2.75, 3.05) is 44.7 Å². The van der Waals surface area contributed by atoms with Gasteiger partial charge in [-0.1, -0.05) is 35.5 Å². The number of aryl methyl sites for hydroxylation is 1. The predicted octanol–water partition coefficient (Wildman–Crippen LogP) is 2.90. The van der Waals surface area contributed by atoms with E-state index in [1.54, 1.807) is 19.1 Å². The van der Waals surface area contributed by atoms with Gasteiger partial charge in [0.25, 0.3) is 5.91 Å². The molecule has 3 aromatic rings. The normalized spacial score (nSPS) is 14.7. The fourth-order valence-electron chi connectivity index (χ4n) is 3.76. The maximum Gasteiger partial charge on any atom is 0.261 e. The number of carbonyl (C=O) groups excluding carboxylic acids is 1. The van der Waals surface area contributed by atoms with Gasteiger partial charge in [0, 0.05) is 30.9 Å². The highest BCUT2D eigenvalue weighted by Gasteiger charge is 2.22. The minimum atomic E-state index is -3.63. The molecule has 9 nitrogen and oxygen atoms in total. The molecule has 0 radical (unpaired) electrons. The molecular formula is C24H28N4O5S. The Balaban J connectivity index is 1.35. The van der Waals surface area contributed by atoms with Crippen LogP contribution in [0.2, 0.25) is 0 Å². The molecular weight excluding hydrogens is 456 g/mol. The van der Waals surface area contributed by atoms with E-state index < -0.39 is 10.0 Å². The Bertz CT molecular complexity index is 1200. The molecule has 0 spiro atoms. The minimum absolute atomic E-state index is 0.142. The number of benzene rings is 2. The highest BCUT2D eigenvalue weighted by Crippen LogP contribution is 2.26. The van der Waals surface area contributed by atoms with Crippen molar-refractivity contribution in [3.8, 4) is 11.3 Å². The lowest BCUT2D eigenvalue weighted by atomic mass is 10.1. The second-order valence-corrected chi connectivity index (χ2v) is 9.78. The van der Waals surface area contributed by atoms with Crippen LogP contribution in [0.4, 0.5) is 5.69 Å². The van der Waals surface area contributed by atoms with Gasteiger partial charge in [0.15, 0.2) is 0 Å². The topological polar surface area (TPSA) is 114 Å². The zero-order valence-corrected chi connectivity index (χ0v) is 19.8. The molecule has 10 heteroatoms. The summed E-state index contributed by atoms with van der Waals surface area (Å²) in [4.78, 5) is 15.3. The van der Waals surface area contributed by atoms with Gasteiger partial charge in [-0.05, 0) is 44.2 Å². The lowest BCUT2D eigenvalue weighted by Gasteiger charge is -2.26. The van der Waals surface area contributed by atoms with E-state index in [4.69, 9.17) is 9.26 Å². The first kappa shape index (κ1) is 24.1. The molecule has 34 heavy (non-hydrogen) atoms. The van der Waals surface area contributed by atoms with Gasteiger partial charge in [-0.2, -0.15) is 0 Å². The summed E-state index contributed by atoms with van der Waals surface area (Å²) in [5.41, 5.74) is 2.03. The smallest absolute Gasteiger partial charge is 0.261 e. The lowest BCUT2D eigenvalue weighted by Crippen LogP contribution is -2.38. The van der Waals surface area contributed by atoms with Crippen LogP contribution >= 0.6 is 0 Å².